The Kier molecular flexibility index (Phi) is 3.54. The Labute approximate surface area is 125 Å². The summed E-state index contributed by atoms with van der Waals surface area (Å²) >= 11 is 0. The van der Waals surface area contributed by atoms with E-state index in [1.807, 2.05) is 6.92 Å². The van der Waals surface area contributed by atoms with E-state index in [0.29, 0.717) is 17.0 Å². The third-order valence-corrected chi connectivity index (χ3v) is 3.05. The Balaban J connectivity index is 2.26. The van der Waals surface area contributed by atoms with Crippen molar-refractivity contribution in [1.82, 2.24) is 19.6 Å². The van der Waals surface area contributed by atoms with E-state index in [4.69, 9.17) is 4.74 Å². The predicted molar refractivity (Wildman–Crippen MR) is 76.9 cm³/mol. The lowest BCUT2D eigenvalue weighted by Crippen LogP contribution is -2.11. The van der Waals surface area contributed by atoms with E-state index in [1.165, 1.54) is 16.6 Å². The summed E-state index contributed by atoms with van der Waals surface area (Å²) in [5.74, 6) is -1.01. The van der Waals surface area contributed by atoms with Crippen molar-refractivity contribution in [3.05, 3.63) is 47.7 Å². The Morgan fingerprint density at radius 2 is 2.14 bits per heavy atom. The largest absolute Gasteiger partial charge is 0.461 e. The van der Waals surface area contributed by atoms with Gasteiger partial charge in [-0.2, -0.15) is 5.10 Å². The molecule has 0 aromatic carbocycles. The second-order valence-corrected chi connectivity index (χ2v) is 4.64. The van der Waals surface area contributed by atoms with Crippen molar-refractivity contribution in [3.8, 4) is 11.4 Å². The fourth-order valence-corrected chi connectivity index (χ4v) is 2.10. The normalized spacial score (nSPS) is 10.9. The average molecular weight is 300 g/mol. The van der Waals surface area contributed by atoms with Gasteiger partial charge in [0.1, 0.15) is 11.5 Å². The van der Waals surface area contributed by atoms with Crippen LogP contribution in [0.2, 0.25) is 0 Å². The maximum Gasteiger partial charge on any atom is 0.359 e. The molecule has 22 heavy (non-hydrogen) atoms. The van der Waals surface area contributed by atoms with Crippen LogP contribution in [-0.2, 0) is 4.74 Å². The Morgan fingerprint density at radius 1 is 1.32 bits per heavy atom. The monoisotopic (exact) mass is 300 g/mol. The van der Waals surface area contributed by atoms with Crippen molar-refractivity contribution >= 4 is 11.6 Å². The third-order valence-electron chi connectivity index (χ3n) is 3.05. The fourth-order valence-electron chi connectivity index (χ4n) is 2.10. The van der Waals surface area contributed by atoms with E-state index in [-0.39, 0.29) is 12.3 Å². The summed E-state index contributed by atoms with van der Waals surface area (Å²) in [5, 5.41) is 4.29. The molecule has 3 rings (SSSR count). The van der Waals surface area contributed by atoms with Crippen molar-refractivity contribution in [2.75, 3.05) is 6.61 Å². The quantitative estimate of drug-likeness (QED) is 0.695. The first-order valence-corrected chi connectivity index (χ1v) is 6.75. The standard InChI is InChI=1S/C15H13FN4O2/c1-3-22-15(21)14-13(11-6-5-10(16)8-17-11)18-12-7-4-9(2)19-20(12)14/h4-8H,3H2,1-2H3. The van der Waals surface area contributed by atoms with Gasteiger partial charge >= 0.3 is 5.97 Å². The molecule has 0 unspecified atom stereocenters. The van der Waals surface area contributed by atoms with Crippen LogP contribution in [0.3, 0.4) is 0 Å². The van der Waals surface area contributed by atoms with E-state index in [0.717, 1.165) is 11.9 Å². The second-order valence-electron chi connectivity index (χ2n) is 4.64. The van der Waals surface area contributed by atoms with Crippen LogP contribution in [0, 0.1) is 12.7 Å². The molecule has 0 bridgehead atoms. The van der Waals surface area contributed by atoms with Gasteiger partial charge in [-0.25, -0.2) is 18.7 Å². The zero-order valence-electron chi connectivity index (χ0n) is 12.1. The first-order valence-electron chi connectivity index (χ1n) is 6.75. The van der Waals surface area contributed by atoms with Gasteiger partial charge in [0.25, 0.3) is 0 Å². The highest BCUT2D eigenvalue weighted by Gasteiger charge is 2.23. The molecular weight excluding hydrogens is 287 g/mol. The zero-order valence-corrected chi connectivity index (χ0v) is 12.1. The van der Waals surface area contributed by atoms with Crippen LogP contribution in [-0.4, -0.2) is 32.2 Å². The number of carbonyl (C=O) groups is 1. The van der Waals surface area contributed by atoms with Gasteiger partial charge in [0.2, 0.25) is 0 Å². The molecule has 112 valence electrons. The summed E-state index contributed by atoms with van der Waals surface area (Å²) in [6, 6.07) is 6.27. The van der Waals surface area contributed by atoms with Crippen molar-refractivity contribution < 1.29 is 13.9 Å². The highest BCUT2D eigenvalue weighted by molar-refractivity contribution is 5.95. The Hall–Kier alpha value is -2.83. The molecule has 0 N–H and O–H groups in total. The van der Waals surface area contributed by atoms with Gasteiger partial charge in [-0.05, 0) is 38.1 Å². The van der Waals surface area contributed by atoms with Crippen LogP contribution in [0.25, 0.3) is 17.0 Å². The summed E-state index contributed by atoms with van der Waals surface area (Å²) in [4.78, 5) is 20.6. The highest BCUT2D eigenvalue weighted by Crippen LogP contribution is 2.23. The lowest BCUT2D eigenvalue weighted by Gasteiger charge is -2.04. The Bertz CT molecular complexity index is 843. The molecule has 3 aromatic heterocycles. The minimum atomic E-state index is -0.547. The van der Waals surface area contributed by atoms with Crippen molar-refractivity contribution in [3.63, 3.8) is 0 Å². The van der Waals surface area contributed by atoms with Gasteiger partial charge in [0.15, 0.2) is 11.3 Å². The molecule has 7 heteroatoms. The summed E-state index contributed by atoms with van der Waals surface area (Å²) in [6.45, 7) is 3.76. The number of imidazole rings is 1. The van der Waals surface area contributed by atoms with E-state index < -0.39 is 11.8 Å². The summed E-state index contributed by atoms with van der Waals surface area (Å²) < 4.78 is 19.6. The number of halogens is 1. The average Bonchev–Trinajstić information content (AvgIpc) is 2.86. The van der Waals surface area contributed by atoms with Gasteiger partial charge in [0.05, 0.1) is 24.2 Å². The molecule has 0 saturated carbocycles. The molecule has 0 saturated heterocycles. The molecule has 3 aromatic rings. The molecule has 0 amide bonds. The maximum atomic E-state index is 13.0. The summed E-state index contributed by atoms with van der Waals surface area (Å²) in [5.41, 5.74) is 2.10. The van der Waals surface area contributed by atoms with Gasteiger partial charge in [0, 0.05) is 0 Å². The van der Waals surface area contributed by atoms with Crippen LogP contribution in [0.15, 0.2) is 30.5 Å². The van der Waals surface area contributed by atoms with E-state index in [2.05, 4.69) is 15.1 Å². The van der Waals surface area contributed by atoms with Crippen LogP contribution < -0.4 is 0 Å². The summed E-state index contributed by atoms with van der Waals surface area (Å²) in [7, 11) is 0. The van der Waals surface area contributed by atoms with Crippen molar-refractivity contribution in [2.24, 2.45) is 0 Å². The van der Waals surface area contributed by atoms with Crippen LogP contribution >= 0.6 is 0 Å². The SMILES string of the molecule is CCOC(=O)c1c(-c2ccc(F)cn2)nc2ccc(C)nn12. The van der Waals surface area contributed by atoms with Crippen LogP contribution in [0.1, 0.15) is 23.1 Å². The summed E-state index contributed by atoms with van der Waals surface area (Å²) in [6.07, 6.45) is 1.08. The molecular formula is C15H13FN4O2. The number of fused-ring (bicyclic) bond motifs is 1. The lowest BCUT2D eigenvalue weighted by molar-refractivity contribution is 0.0517. The molecule has 0 aliphatic heterocycles. The number of aryl methyl sites for hydroxylation is 1. The molecule has 0 radical (unpaired) electrons. The van der Waals surface area contributed by atoms with E-state index >= 15 is 0 Å². The molecule has 0 aliphatic rings. The van der Waals surface area contributed by atoms with E-state index in [9.17, 15) is 9.18 Å². The fraction of sp³-hybridized carbons (Fsp3) is 0.200. The number of hydrogen-bond acceptors (Lipinski definition) is 5. The smallest absolute Gasteiger partial charge is 0.359 e. The van der Waals surface area contributed by atoms with E-state index in [1.54, 1.807) is 19.1 Å². The number of hydrogen-bond donors (Lipinski definition) is 0. The maximum absolute atomic E-state index is 13.0. The molecule has 3 heterocycles. The molecule has 0 fully saturated rings. The first kappa shape index (κ1) is 14.1. The number of nitrogens with zero attached hydrogens (tertiary/aromatic N) is 4. The minimum absolute atomic E-state index is 0.180. The van der Waals surface area contributed by atoms with Crippen LogP contribution in [0.5, 0.6) is 0 Å². The van der Waals surface area contributed by atoms with Crippen molar-refractivity contribution in [2.45, 2.75) is 13.8 Å². The molecule has 6 nitrogen and oxygen atoms in total. The molecule has 0 atom stereocenters. The van der Waals surface area contributed by atoms with Gasteiger partial charge in [-0.15, -0.1) is 0 Å². The number of rotatable bonds is 3. The number of ether oxygens (including phenoxy) is 1. The van der Waals surface area contributed by atoms with Crippen molar-refractivity contribution in [1.29, 1.82) is 0 Å². The molecule has 0 aliphatic carbocycles. The topological polar surface area (TPSA) is 69.4 Å². The number of carbonyl (C=O) groups excluding carboxylic acids is 1. The predicted octanol–water partition coefficient (Wildman–Crippen LogP) is 2.42. The van der Waals surface area contributed by atoms with Crippen LogP contribution in [0.4, 0.5) is 4.39 Å². The zero-order chi connectivity index (χ0) is 15.7. The van der Waals surface area contributed by atoms with Gasteiger partial charge < -0.3 is 4.74 Å². The highest BCUT2D eigenvalue weighted by atomic mass is 19.1. The van der Waals surface area contributed by atoms with Gasteiger partial charge in [-0.1, -0.05) is 0 Å². The second kappa shape index (κ2) is 5.51. The first-order chi connectivity index (χ1) is 10.6. The molecule has 0 spiro atoms. The minimum Gasteiger partial charge on any atom is -0.461 e. The van der Waals surface area contributed by atoms with Gasteiger partial charge in [-0.3, -0.25) is 4.98 Å². The number of esters is 1. The number of pyridine rings is 1. The number of aromatic nitrogens is 4. The lowest BCUT2D eigenvalue weighted by atomic mass is 10.2. The third kappa shape index (κ3) is 2.41. The Morgan fingerprint density at radius 3 is 2.82 bits per heavy atom.